The lowest BCUT2D eigenvalue weighted by atomic mass is 9.81. The summed E-state index contributed by atoms with van der Waals surface area (Å²) >= 11 is 3.94. The van der Waals surface area contributed by atoms with Gasteiger partial charge in [0.1, 0.15) is 0 Å². The van der Waals surface area contributed by atoms with Crippen LogP contribution < -0.4 is 0 Å². The quantitative estimate of drug-likeness (QED) is 0.716. The van der Waals surface area contributed by atoms with Crippen molar-refractivity contribution in [2.75, 3.05) is 0 Å². The number of rotatable bonds is 2. The van der Waals surface area contributed by atoms with E-state index in [0.29, 0.717) is 10.2 Å². The maximum absolute atomic E-state index is 5.48. The molecule has 0 saturated heterocycles. The van der Waals surface area contributed by atoms with Crippen molar-refractivity contribution in [3.05, 3.63) is 34.9 Å². The highest BCUT2D eigenvalue weighted by molar-refractivity contribution is 9.09. The Morgan fingerprint density at radius 1 is 1.18 bits per heavy atom. The Bertz CT molecular complexity index is 421. The van der Waals surface area contributed by atoms with E-state index in [-0.39, 0.29) is 0 Å². The Labute approximate surface area is 112 Å². The third-order valence-electron chi connectivity index (χ3n) is 4.40. The van der Waals surface area contributed by atoms with Crippen molar-refractivity contribution in [1.82, 2.24) is 0 Å². The van der Waals surface area contributed by atoms with Gasteiger partial charge < -0.3 is 4.74 Å². The maximum atomic E-state index is 5.48. The molecular weight excluding hydrogens is 276 g/mol. The predicted octanol–water partition coefficient (Wildman–Crippen LogP) is 4.73. The van der Waals surface area contributed by atoms with Crippen LogP contribution in [0.4, 0.5) is 0 Å². The van der Waals surface area contributed by atoms with Gasteiger partial charge in [0.25, 0.3) is 0 Å². The standard InChI is InChI=1S/C15H19BrO/c1-15(6-2-3-7-15)14(16)11-4-5-12-9-17-10-13(12)8-11/h4-5,8,14H,2-3,6-7,9-10H2,1H3. The lowest BCUT2D eigenvalue weighted by molar-refractivity contribution is 0.134. The van der Waals surface area contributed by atoms with Gasteiger partial charge in [-0.2, -0.15) is 0 Å². The summed E-state index contributed by atoms with van der Waals surface area (Å²) in [4.78, 5) is 0.489. The second kappa shape index (κ2) is 4.40. The molecular formula is C15H19BrO. The first kappa shape index (κ1) is 11.7. The van der Waals surface area contributed by atoms with Gasteiger partial charge in [0.05, 0.1) is 13.2 Å². The molecule has 0 bridgehead atoms. The minimum Gasteiger partial charge on any atom is -0.372 e. The predicted molar refractivity (Wildman–Crippen MR) is 73.2 cm³/mol. The van der Waals surface area contributed by atoms with Crippen molar-refractivity contribution in [2.24, 2.45) is 5.41 Å². The minimum atomic E-state index is 0.438. The normalized spacial score (nSPS) is 23.6. The first-order valence-corrected chi connectivity index (χ1v) is 7.44. The summed E-state index contributed by atoms with van der Waals surface area (Å²) in [6.45, 7) is 4.00. The third-order valence-corrected chi connectivity index (χ3v) is 6.03. The van der Waals surface area contributed by atoms with Crippen LogP contribution in [-0.4, -0.2) is 0 Å². The van der Waals surface area contributed by atoms with Crippen molar-refractivity contribution in [3.63, 3.8) is 0 Å². The number of halogens is 1. The zero-order valence-corrected chi connectivity index (χ0v) is 11.9. The Balaban J connectivity index is 1.88. The minimum absolute atomic E-state index is 0.438. The van der Waals surface area contributed by atoms with Crippen LogP contribution in [0.1, 0.15) is 54.1 Å². The number of alkyl halides is 1. The molecule has 1 fully saturated rings. The molecule has 3 rings (SSSR count). The van der Waals surface area contributed by atoms with Gasteiger partial charge in [-0.3, -0.25) is 0 Å². The number of benzene rings is 1. The van der Waals surface area contributed by atoms with E-state index in [9.17, 15) is 0 Å². The summed E-state index contributed by atoms with van der Waals surface area (Å²) in [5.74, 6) is 0. The molecule has 2 aliphatic rings. The van der Waals surface area contributed by atoms with Gasteiger partial charge in [-0.25, -0.2) is 0 Å². The van der Waals surface area contributed by atoms with Crippen molar-refractivity contribution in [2.45, 2.75) is 50.6 Å². The van der Waals surface area contributed by atoms with Gasteiger partial charge in [0, 0.05) is 4.83 Å². The van der Waals surface area contributed by atoms with Crippen molar-refractivity contribution in [1.29, 1.82) is 0 Å². The number of ether oxygens (including phenoxy) is 1. The first-order valence-electron chi connectivity index (χ1n) is 6.53. The fraction of sp³-hybridized carbons (Fsp3) is 0.600. The largest absolute Gasteiger partial charge is 0.372 e. The molecule has 92 valence electrons. The maximum Gasteiger partial charge on any atom is 0.0725 e. The van der Waals surface area contributed by atoms with Gasteiger partial charge >= 0.3 is 0 Å². The van der Waals surface area contributed by atoms with Crippen LogP contribution in [0.5, 0.6) is 0 Å². The van der Waals surface area contributed by atoms with Gasteiger partial charge in [0.2, 0.25) is 0 Å². The summed E-state index contributed by atoms with van der Waals surface area (Å²) in [5, 5.41) is 0. The van der Waals surface area contributed by atoms with Gasteiger partial charge in [-0.05, 0) is 34.9 Å². The zero-order chi connectivity index (χ0) is 11.9. The average Bonchev–Trinajstić information content (AvgIpc) is 2.96. The molecule has 1 atom stereocenters. The molecule has 0 amide bonds. The monoisotopic (exact) mass is 294 g/mol. The molecule has 1 unspecified atom stereocenters. The van der Waals surface area contributed by atoms with Crippen molar-refractivity contribution < 1.29 is 4.74 Å². The summed E-state index contributed by atoms with van der Waals surface area (Å²) in [7, 11) is 0. The van der Waals surface area contributed by atoms with Crippen LogP contribution in [0, 0.1) is 5.41 Å². The Kier molecular flexibility index (Phi) is 3.04. The molecule has 1 nitrogen and oxygen atoms in total. The molecule has 1 heterocycles. The Morgan fingerprint density at radius 2 is 1.88 bits per heavy atom. The number of hydrogen-bond acceptors (Lipinski definition) is 1. The van der Waals surface area contributed by atoms with Crippen LogP contribution in [0.2, 0.25) is 0 Å². The van der Waals surface area contributed by atoms with Crippen LogP contribution >= 0.6 is 15.9 Å². The molecule has 1 aromatic rings. The van der Waals surface area contributed by atoms with Crippen molar-refractivity contribution in [3.8, 4) is 0 Å². The summed E-state index contributed by atoms with van der Waals surface area (Å²) in [5.41, 5.74) is 4.62. The topological polar surface area (TPSA) is 9.23 Å². The Hall–Kier alpha value is -0.340. The number of hydrogen-bond donors (Lipinski definition) is 0. The molecule has 1 aromatic carbocycles. The molecule has 2 heteroatoms. The van der Waals surface area contributed by atoms with Gasteiger partial charge in [-0.15, -0.1) is 0 Å². The van der Waals surface area contributed by atoms with E-state index >= 15 is 0 Å². The highest BCUT2D eigenvalue weighted by Gasteiger charge is 2.36. The van der Waals surface area contributed by atoms with Gasteiger partial charge in [-0.1, -0.05) is 53.9 Å². The third kappa shape index (κ3) is 2.06. The van der Waals surface area contributed by atoms with Crippen molar-refractivity contribution >= 4 is 15.9 Å². The lowest BCUT2D eigenvalue weighted by Gasteiger charge is -2.30. The number of fused-ring (bicyclic) bond motifs is 1. The van der Waals surface area contributed by atoms with E-state index in [1.54, 1.807) is 0 Å². The molecule has 0 radical (unpaired) electrons. The molecule has 1 aliphatic carbocycles. The fourth-order valence-electron chi connectivity index (χ4n) is 3.19. The van der Waals surface area contributed by atoms with E-state index in [2.05, 4.69) is 41.1 Å². The van der Waals surface area contributed by atoms with E-state index in [4.69, 9.17) is 4.74 Å². The van der Waals surface area contributed by atoms with Gasteiger partial charge in [0.15, 0.2) is 0 Å². The van der Waals surface area contributed by atoms with Crippen LogP contribution in [0.15, 0.2) is 18.2 Å². The molecule has 0 aromatic heterocycles. The molecule has 17 heavy (non-hydrogen) atoms. The average molecular weight is 295 g/mol. The highest BCUT2D eigenvalue weighted by atomic mass is 79.9. The van der Waals surface area contributed by atoms with E-state index in [1.807, 2.05) is 0 Å². The first-order chi connectivity index (χ1) is 8.19. The fourth-order valence-corrected chi connectivity index (χ4v) is 3.93. The zero-order valence-electron chi connectivity index (χ0n) is 10.3. The Morgan fingerprint density at radius 3 is 2.65 bits per heavy atom. The highest BCUT2D eigenvalue weighted by Crippen LogP contribution is 2.51. The smallest absolute Gasteiger partial charge is 0.0725 e. The van der Waals surface area contributed by atoms with Crippen LogP contribution in [0.25, 0.3) is 0 Å². The lowest BCUT2D eigenvalue weighted by Crippen LogP contribution is -2.17. The SMILES string of the molecule is CC1(C(Br)c2ccc3c(c2)COC3)CCCC1. The molecule has 0 N–H and O–H groups in total. The van der Waals surface area contributed by atoms with E-state index in [1.165, 1.54) is 42.4 Å². The van der Waals surface area contributed by atoms with Crippen LogP contribution in [0.3, 0.4) is 0 Å². The second-order valence-corrected chi connectivity index (χ2v) is 6.66. The molecule has 1 aliphatic heterocycles. The second-order valence-electron chi connectivity index (χ2n) is 5.74. The van der Waals surface area contributed by atoms with E-state index < -0.39 is 0 Å². The molecule has 1 saturated carbocycles. The summed E-state index contributed by atoms with van der Waals surface area (Å²) < 4.78 is 5.48. The summed E-state index contributed by atoms with van der Waals surface area (Å²) in [6, 6.07) is 6.85. The molecule has 0 spiro atoms. The summed E-state index contributed by atoms with van der Waals surface area (Å²) in [6.07, 6.45) is 5.45. The van der Waals surface area contributed by atoms with E-state index in [0.717, 1.165) is 13.2 Å². The van der Waals surface area contributed by atoms with Crippen LogP contribution in [-0.2, 0) is 18.0 Å².